The van der Waals surface area contributed by atoms with Crippen LogP contribution in [0.15, 0.2) is 6.07 Å². The first-order valence-electron chi connectivity index (χ1n) is 7.03. The van der Waals surface area contributed by atoms with E-state index in [1.54, 1.807) is 0 Å². The Morgan fingerprint density at radius 1 is 1.33 bits per heavy atom. The summed E-state index contributed by atoms with van der Waals surface area (Å²) in [6.45, 7) is 6.31. The molecule has 18 heavy (non-hydrogen) atoms. The fourth-order valence-corrected chi connectivity index (χ4v) is 3.66. The standard InChI is InChI=1S/C15H25NOS/c1-11-4-6-14(7-5-11)17-10-13-8-15(9-16-3)18-12(13)2/h8,11,14,16H,4-7,9-10H2,1-3H3. The highest BCUT2D eigenvalue weighted by molar-refractivity contribution is 7.12. The Labute approximate surface area is 115 Å². The van der Waals surface area contributed by atoms with Crippen LogP contribution in [-0.4, -0.2) is 13.2 Å². The molecule has 1 N–H and O–H groups in total. The summed E-state index contributed by atoms with van der Waals surface area (Å²) in [7, 11) is 1.99. The van der Waals surface area contributed by atoms with Crippen molar-refractivity contribution < 1.29 is 4.74 Å². The van der Waals surface area contributed by atoms with Gasteiger partial charge in [0.05, 0.1) is 12.7 Å². The highest BCUT2D eigenvalue weighted by Crippen LogP contribution is 2.28. The summed E-state index contributed by atoms with van der Waals surface area (Å²) >= 11 is 1.88. The fraction of sp³-hybridized carbons (Fsp3) is 0.733. The van der Waals surface area contributed by atoms with Crippen LogP contribution in [0, 0.1) is 12.8 Å². The van der Waals surface area contributed by atoms with Crippen LogP contribution in [0.2, 0.25) is 0 Å². The van der Waals surface area contributed by atoms with E-state index in [0.717, 1.165) is 19.1 Å². The molecule has 0 atom stereocenters. The average molecular weight is 267 g/mol. The van der Waals surface area contributed by atoms with Gasteiger partial charge in [-0.1, -0.05) is 6.92 Å². The van der Waals surface area contributed by atoms with Crippen LogP contribution in [0.4, 0.5) is 0 Å². The van der Waals surface area contributed by atoms with E-state index in [2.05, 4.69) is 25.2 Å². The minimum absolute atomic E-state index is 0.494. The number of aryl methyl sites for hydroxylation is 1. The van der Waals surface area contributed by atoms with Crippen LogP contribution in [0.3, 0.4) is 0 Å². The van der Waals surface area contributed by atoms with Gasteiger partial charge in [-0.15, -0.1) is 11.3 Å². The van der Waals surface area contributed by atoms with E-state index in [1.807, 2.05) is 18.4 Å². The smallest absolute Gasteiger partial charge is 0.0731 e. The van der Waals surface area contributed by atoms with E-state index in [1.165, 1.54) is 41.0 Å². The molecule has 0 radical (unpaired) electrons. The monoisotopic (exact) mass is 267 g/mol. The van der Waals surface area contributed by atoms with Crippen molar-refractivity contribution in [2.45, 2.75) is 58.8 Å². The molecular weight excluding hydrogens is 242 g/mol. The summed E-state index contributed by atoms with van der Waals surface area (Å²) in [4.78, 5) is 2.82. The van der Waals surface area contributed by atoms with Gasteiger partial charge in [-0.25, -0.2) is 0 Å². The lowest BCUT2D eigenvalue weighted by atomic mass is 9.89. The maximum atomic E-state index is 6.08. The molecule has 2 rings (SSSR count). The number of nitrogens with one attached hydrogen (secondary N) is 1. The van der Waals surface area contributed by atoms with Crippen molar-refractivity contribution in [3.8, 4) is 0 Å². The summed E-state index contributed by atoms with van der Waals surface area (Å²) in [5, 5.41) is 3.20. The van der Waals surface area contributed by atoms with Crippen molar-refractivity contribution in [3.05, 3.63) is 21.4 Å². The normalized spacial score (nSPS) is 24.4. The molecule has 0 aliphatic heterocycles. The molecule has 1 heterocycles. The Morgan fingerprint density at radius 2 is 2.06 bits per heavy atom. The maximum Gasteiger partial charge on any atom is 0.0731 e. The van der Waals surface area contributed by atoms with Gasteiger partial charge < -0.3 is 10.1 Å². The highest BCUT2D eigenvalue weighted by Gasteiger charge is 2.19. The van der Waals surface area contributed by atoms with Gasteiger partial charge in [0.1, 0.15) is 0 Å². The Kier molecular flexibility index (Phi) is 5.22. The predicted molar refractivity (Wildman–Crippen MR) is 78.0 cm³/mol. The van der Waals surface area contributed by atoms with Crippen LogP contribution in [0.25, 0.3) is 0 Å². The van der Waals surface area contributed by atoms with Gasteiger partial charge in [0.2, 0.25) is 0 Å². The van der Waals surface area contributed by atoms with Gasteiger partial charge in [0.15, 0.2) is 0 Å². The first-order chi connectivity index (χ1) is 8.69. The van der Waals surface area contributed by atoms with Crippen molar-refractivity contribution in [1.82, 2.24) is 5.32 Å². The van der Waals surface area contributed by atoms with E-state index in [0.29, 0.717) is 6.10 Å². The van der Waals surface area contributed by atoms with Crippen molar-refractivity contribution in [2.24, 2.45) is 5.92 Å². The van der Waals surface area contributed by atoms with Crippen molar-refractivity contribution in [1.29, 1.82) is 0 Å². The van der Waals surface area contributed by atoms with Gasteiger partial charge in [0.25, 0.3) is 0 Å². The van der Waals surface area contributed by atoms with Crippen molar-refractivity contribution in [2.75, 3.05) is 7.05 Å². The third kappa shape index (κ3) is 3.81. The Balaban J connectivity index is 1.82. The van der Waals surface area contributed by atoms with Gasteiger partial charge >= 0.3 is 0 Å². The molecular formula is C15H25NOS. The lowest BCUT2D eigenvalue weighted by molar-refractivity contribution is 0.00872. The lowest BCUT2D eigenvalue weighted by Crippen LogP contribution is -2.20. The van der Waals surface area contributed by atoms with Gasteiger partial charge in [-0.2, -0.15) is 0 Å². The van der Waals surface area contributed by atoms with Crippen LogP contribution in [0.1, 0.15) is 47.9 Å². The topological polar surface area (TPSA) is 21.3 Å². The molecule has 0 amide bonds. The quantitative estimate of drug-likeness (QED) is 0.874. The van der Waals surface area contributed by atoms with Gasteiger partial charge in [0, 0.05) is 16.3 Å². The fourth-order valence-electron chi connectivity index (χ4n) is 2.60. The second kappa shape index (κ2) is 6.69. The van der Waals surface area contributed by atoms with E-state index in [9.17, 15) is 0 Å². The largest absolute Gasteiger partial charge is 0.374 e. The zero-order valence-corrected chi connectivity index (χ0v) is 12.6. The van der Waals surface area contributed by atoms with E-state index in [-0.39, 0.29) is 0 Å². The zero-order valence-electron chi connectivity index (χ0n) is 11.8. The summed E-state index contributed by atoms with van der Waals surface area (Å²) in [5.74, 6) is 0.898. The number of hydrogen-bond donors (Lipinski definition) is 1. The van der Waals surface area contributed by atoms with Crippen LogP contribution < -0.4 is 5.32 Å². The predicted octanol–water partition coefficient (Wildman–Crippen LogP) is 3.87. The molecule has 1 fully saturated rings. The second-order valence-corrected chi connectivity index (χ2v) is 6.86. The first-order valence-corrected chi connectivity index (χ1v) is 7.85. The number of rotatable bonds is 5. The summed E-state index contributed by atoms with van der Waals surface area (Å²) < 4.78 is 6.08. The van der Waals surface area contributed by atoms with Crippen LogP contribution >= 0.6 is 11.3 Å². The zero-order chi connectivity index (χ0) is 13.0. The van der Waals surface area contributed by atoms with Crippen LogP contribution in [-0.2, 0) is 17.9 Å². The van der Waals surface area contributed by atoms with Crippen molar-refractivity contribution >= 4 is 11.3 Å². The lowest BCUT2D eigenvalue weighted by Gasteiger charge is -2.26. The molecule has 2 nitrogen and oxygen atoms in total. The number of ether oxygens (including phenoxy) is 1. The minimum Gasteiger partial charge on any atom is -0.374 e. The second-order valence-electron chi connectivity index (χ2n) is 5.52. The molecule has 0 saturated heterocycles. The summed E-state index contributed by atoms with van der Waals surface area (Å²) in [5.41, 5.74) is 1.38. The van der Waals surface area contributed by atoms with Gasteiger partial charge in [-0.3, -0.25) is 0 Å². The molecule has 0 aromatic carbocycles. The van der Waals surface area contributed by atoms with Crippen molar-refractivity contribution in [3.63, 3.8) is 0 Å². The molecule has 3 heteroatoms. The molecule has 1 aliphatic rings. The molecule has 0 spiro atoms. The molecule has 1 saturated carbocycles. The van der Waals surface area contributed by atoms with E-state index >= 15 is 0 Å². The Bertz CT molecular complexity index is 367. The molecule has 1 aromatic heterocycles. The molecule has 1 aromatic rings. The molecule has 1 aliphatic carbocycles. The Hall–Kier alpha value is -0.380. The molecule has 102 valence electrons. The third-order valence-corrected chi connectivity index (χ3v) is 4.95. The highest BCUT2D eigenvalue weighted by atomic mass is 32.1. The summed E-state index contributed by atoms with van der Waals surface area (Å²) in [6, 6.07) is 2.29. The average Bonchev–Trinajstić information content (AvgIpc) is 2.70. The molecule has 0 bridgehead atoms. The van der Waals surface area contributed by atoms with Crippen LogP contribution in [0.5, 0.6) is 0 Å². The third-order valence-electron chi connectivity index (χ3n) is 3.86. The van der Waals surface area contributed by atoms with Gasteiger partial charge in [-0.05, 0) is 57.2 Å². The number of hydrogen-bond acceptors (Lipinski definition) is 3. The SMILES string of the molecule is CNCc1cc(COC2CCC(C)CC2)c(C)s1. The Morgan fingerprint density at radius 3 is 2.72 bits per heavy atom. The van der Waals surface area contributed by atoms with E-state index < -0.39 is 0 Å². The van der Waals surface area contributed by atoms with E-state index in [4.69, 9.17) is 4.74 Å². The maximum absolute atomic E-state index is 6.08. The summed E-state index contributed by atoms with van der Waals surface area (Å²) in [6.07, 6.45) is 5.64. The molecule has 0 unspecified atom stereocenters. The minimum atomic E-state index is 0.494. The number of thiophene rings is 1. The first kappa shape index (κ1) is 14.0.